The van der Waals surface area contributed by atoms with Crippen LogP contribution >= 0.6 is 0 Å². The van der Waals surface area contributed by atoms with Crippen molar-refractivity contribution < 1.29 is 12.8 Å². The van der Waals surface area contributed by atoms with E-state index in [0.717, 1.165) is 37.9 Å². The largest absolute Gasteiger partial charge is 0.369 e. The van der Waals surface area contributed by atoms with Crippen molar-refractivity contribution in [1.29, 1.82) is 0 Å². The molecule has 0 aliphatic carbocycles. The van der Waals surface area contributed by atoms with Crippen molar-refractivity contribution in [3.63, 3.8) is 0 Å². The third kappa shape index (κ3) is 4.11. The number of nitrogens with zero attached hydrogens (tertiary/aromatic N) is 2. The molecular weight excluding hydrogens is 341 g/mol. The summed E-state index contributed by atoms with van der Waals surface area (Å²) >= 11 is 0. The molecule has 0 saturated carbocycles. The van der Waals surface area contributed by atoms with Gasteiger partial charge < -0.3 is 9.80 Å². The van der Waals surface area contributed by atoms with Crippen LogP contribution < -0.4 is 9.62 Å². The van der Waals surface area contributed by atoms with E-state index >= 15 is 0 Å². The number of benzene rings is 2. The first-order valence-corrected chi connectivity index (χ1v) is 9.66. The van der Waals surface area contributed by atoms with Gasteiger partial charge in [-0.25, -0.2) is 12.8 Å². The Kier molecular flexibility index (Phi) is 4.96. The molecule has 3 rings (SSSR count). The zero-order chi connectivity index (χ0) is 18.0. The van der Waals surface area contributed by atoms with Gasteiger partial charge in [-0.15, -0.1) is 0 Å². The van der Waals surface area contributed by atoms with E-state index in [1.54, 1.807) is 19.1 Å². The highest BCUT2D eigenvalue weighted by Crippen LogP contribution is 2.23. The summed E-state index contributed by atoms with van der Waals surface area (Å²) in [6.45, 7) is 5.51. The van der Waals surface area contributed by atoms with Crippen molar-refractivity contribution in [1.82, 2.24) is 4.90 Å². The highest BCUT2D eigenvalue weighted by Gasteiger charge is 2.18. The Hall–Kier alpha value is -2.12. The second-order valence-corrected chi connectivity index (χ2v) is 8.00. The second kappa shape index (κ2) is 7.01. The van der Waals surface area contributed by atoms with Crippen LogP contribution in [0.5, 0.6) is 0 Å². The Morgan fingerprint density at radius 1 is 1.00 bits per heavy atom. The first-order chi connectivity index (χ1) is 11.8. The number of hydrogen-bond donors (Lipinski definition) is 1. The molecule has 7 heteroatoms. The SMILES string of the molecule is Cc1cc(F)ccc1S(=O)(=O)Nc1ccc(N2CCN(C)CC2)cc1. The lowest BCUT2D eigenvalue weighted by atomic mass is 10.2. The van der Waals surface area contributed by atoms with Crippen molar-refractivity contribution in [2.75, 3.05) is 42.8 Å². The maximum absolute atomic E-state index is 13.2. The van der Waals surface area contributed by atoms with Crippen LogP contribution in [0, 0.1) is 12.7 Å². The van der Waals surface area contributed by atoms with Gasteiger partial charge in [0.05, 0.1) is 4.90 Å². The van der Waals surface area contributed by atoms with Crippen LogP contribution in [0.1, 0.15) is 5.56 Å². The van der Waals surface area contributed by atoms with Gasteiger partial charge in [0.2, 0.25) is 0 Å². The predicted molar refractivity (Wildman–Crippen MR) is 98.1 cm³/mol. The van der Waals surface area contributed by atoms with Crippen LogP contribution in [-0.4, -0.2) is 46.5 Å². The second-order valence-electron chi connectivity index (χ2n) is 6.35. The van der Waals surface area contributed by atoms with Gasteiger partial charge in [0.1, 0.15) is 5.82 Å². The standard InChI is InChI=1S/C18H22FN3O2S/c1-14-13-15(19)3-8-18(14)25(23,24)20-16-4-6-17(7-5-16)22-11-9-21(2)10-12-22/h3-8,13,20H,9-12H2,1-2H3. The zero-order valence-electron chi connectivity index (χ0n) is 14.4. The molecule has 2 aromatic carbocycles. The molecule has 0 amide bonds. The monoisotopic (exact) mass is 363 g/mol. The molecule has 1 heterocycles. The first-order valence-electron chi connectivity index (χ1n) is 8.18. The number of hydrogen-bond acceptors (Lipinski definition) is 4. The zero-order valence-corrected chi connectivity index (χ0v) is 15.2. The quantitative estimate of drug-likeness (QED) is 0.907. The van der Waals surface area contributed by atoms with Crippen LogP contribution in [0.4, 0.5) is 15.8 Å². The summed E-state index contributed by atoms with van der Waals surface area (Å²) in [5.41, 5.74) is 1.94. The molecule has 2 aromatic rings. The van der Waals surface area contributed by atoms with Gasteiger partial charge in [-0.05, 0) is 62.0 Å². The molecular formula is C18H22FN3O2S. The van der Waals surface area contributed by atoms with Gasteiger partial charge in [0, 0.05) is 37.6 Å². The summed E-state index contributed by atoms with van der Waals surface area (Å²) in [4.78, 5) is 4.64. The van der Waals surface area contributed by atoms with Crippen LogP contribution in [0.15, 0.2) is 47.4 Å². The summed E-state index contributed by atoms with van der Waals surface area (Å²) in [6, 6.07) is 11.0. The van der Waals surface area contributed by atoms with Crippen molar-refractivity contribution in [3.05, 3.63) is 53.8 Å². The van der Waals surface area contributed by atoms with Crippen LogP contribution in [0.2, 0.25) is 0 Å². The van der Waals surface area contributed by atoms with Crippen LogP contribution in [0.3, 0.4) is 0 Å². The number of anilines is 2. The lowest BCUT2D eigenvalue weighted by Gasteiger charge is -2.34. The molecule has 25 heavy (non-hydrogen) atoms. The number of piperazine rings is 1. The summed E-state index contributed by atoms with van der Waals surface area (Å²) < 4.78 is 40.8. The molecule has 1 saturated heterocycles. The minimum Gasteiger partial charge on any atom is -0.369 e. The maximum Gasteiger partial charge on any atom is 0.262 e. The van der Waals surface area contributed by atoms with Crippen molar-refractivity contribution in [2.45, 2.75) is 11.8 Å². The fourth-order valence-electron chi connectivity index (χ4n) is 2.93. The van der Waals surface area contributed by atoms with Crippen molar-refractivity contribution >= 4 is 21.4 Å². The number of rotatable bonds is 4. The molecule has 5 nitrogen and oxygen atoms in total. The Balaban J connectivity index is 1.74. The first kappa shape index (κ1) is 17.7. The number of aryl methyl sites for hydroxylation is 1. The third-order valence-corrected chi connectivity index (χ3v) is 5.96. The fraction of sp³-hybridized carbons (Fsp3) is 0.333. The number of likely N-dealkylation sites (N-methyl/N-ethyl adjacent to an activating group) is 1. The minimum atomic E-state index is -3.74. The number of sulfonamides is 1. The topological polar surface area (TPSA) is 52.7 Å². The minimum absolute atomic E-state index is 0.0806. The molecule has 0 aromatic heterocycles. The Bertz CT molecular complexity index is 845. The molecule has 0 bridgehead atoms. The van der Waals surface area contributed by atoms with Gasteiger partial charge in [-0.1, -0.05) is 0 Å². The van der Waals surface area contributed by atoms with Gasteiger partial charge in [-0.3, -0.25) is 4.72 Å². The molecule has 1 N–H and O–H groups in total. The predicted octanol–water partition coefficient (Wildman–Crippen LogP) is 2.69. The van der Waals surface area contributed by atoms with Gasteiger partial charge in [0.25, 0.3) is 10.0 Å². The van der Waals surface area contributed by atoms with E-state index in [9.17, 15) is 12.8 Å². The van der Waals surface area contributed by atoms with Crippen molar-refractivity contribution in [2.24, 2.45) is 0 Å². The molecule has 134 valence electrons. The van der Waals surface area contributed by atoms with Crippen molar-refractivity contribution in [3.8, 4) is 0 Å². The van der Waals surface area contributed by atoms with Gasteiger partial charge >= 0.3 is 0 Å². The molecule has 0 unspecified atom stereocenters. The highest BCUT2D eigenvalue weighted by molar-refractivity contribution is 7.92. The average Bonchev–Trinajstić information content (AvgIpc) is 2.55. The normalized spacial score (nSPS) is 16.0. The average molecular weight is 363 g/mol. The highest BCUT2D eigenvalue weighted by atomic mass is 32.2. The lowest BCUT2D eigenvalue weighted by molar-refractivity contribution is 0.313. The summed E-state index contributed by atoms with van der Waals surface area (Å²) in [5, 5.41) is 0. The van der Waals surface area contributed by atoms with E-state index < -0.39 is 15.8 Å². The summed E-state index contributed by atoms with van der Waals surface area (Å²) in [5.74, 6) is -0.451. The Morgan fingerprint density at radius 2 is 1.64 bits per heavy atom. The fourth-order valence-corrected chi connectivity index (χ4v) is 4.22. The molecule has 0 spiro atoms. The summed E-state index contributed by atoms with van der Waals surface area (Å²) in [6.07, 6.45) is 0. The third-order valence-electron chi connectivity index (χ3n) is 4.41. The lowest BCUT2D eigenvalue weighted by Crippen LogP contribution is -2.44. The van der Waals surface area contributed by atoms with E-state index in [1.807, 2.05) is 12.1 Å². The van der Waals surface area contributed by atoms with E-state index in [0.29, 0.717) is 11.3 Å². The molecule has 1 fully saturated rings. The van der Waals surface area contributed by atoms with E-state index in [1.165, 1.54) is 12.1 Å². The van der Waals surface area contributed by atoms with Crippen LogP contribution in [-0.2, 0) is 10.0 Å². The Labute approximate surface area is 148 Å². The van der Waals surface area contributed by atoms with E-state index in [4.69, 9.17) is 0 Å². The number of halogens is 1. The van der Waals surface area contributed by atoms with Gasteiger partial charge in [0.15, 0.2) is 0 Å². The van der Waals surface area contributed by atoms with E-state index in [2.05, 4.69) is 21.6 Å². The Morgan fingerprint density at radius 3 is 2.24 bits per heavy atom. The molecule has 1 aliphatic rings. The molecule has 0 radical (unpaired) electrons. The van der Waals surface area contributed by atoms with Gasteiger partial charge in [-0.2, -0.15) is 0 Å². The molecule has 1 aliphatic heterocycles. The van der Waals surface area contributed by atoms with E-state index in [-0.39, 0.29) is 4.90 Å². The maximum atomic E-state index is 13.2. The molecule has 0 atom stereocenters. The number of nitrogens with one attached hydrogen (secondary N) is 1. The summed E-state index contributed by atoms with van der Waals surface area (Å²) in [7, 11) is -1.64. The smallest absolute Gasteiger partial charge is 0.262 e. The van der Waals surface area contributed by atoms with Crippen LogP contribution in [0.25, 0.3) is 0 Å².